The highest BCUT2D eigenvalue weighted by Gasteiger charge is 2.24. The summed E-state index contributed by atoms with van der Waals surface area (Å²) in [4.78, 5) is 3.21. The molecule has 0 saturated carbocycles. The molecule has 22 heavy (non-hydrogen) atoms. The number of rotatable bonds is 5. The SMILES string of the molecule is C=CCNC(=S)Nc1cccc(S(=O)(=O)NC2=[NH+]CCC2)c1. The van der Waals surface area contributed by atoms with Gasteiger partial charge in [-0.25, -0.2) is 0 Å². The van der Waals surface area contributed by atoms with Gasteiger partial charge in [0.2, 0.25) is 0 Å². The van der Waals surface area contributed by atoms with Crippen LogP contribution in [0.4, 0.5) is 5.69 Å². The van der Waals surface area contributed by atoms with Gasteiger partial charge in [-0.2, -0.15) is 13.1 Å². The van der Waals surface area contributed by atoms with Crippen LogP contribution in [0.1, 0.15) is 12.8 Å². The standard InChI is InChI=1S/C14H18N4O2S2/c1-2-8-16-14(21)17-11-5-3-6-12(10-11)22(19,20)18-13-7-4-9-15-13/h2-3,5-6,10H,1,4,7-9H2,(H,15,18)(H2,16,17,21)/p+1. The van der Waals surface area contributed by atoms with E-state index in [4.69, 9.17) is 12.2 Å². The van der Waals surface area contributed by atoms with Crippen LogP contribution in [-0.4, -0.2) is 32.5 Å². The summed E-state index contributed by atoms with van der Waals surface area (Å²) in [6.07, 6.45) is 3.33. The first-order valence-corrected chi connectivity index (χ1v) is 8.79. The number of hydrogen-bond donors (Lipinski definition) is 4. The van der Waals surface area contributed by atoms with E-state index in [-0.39, 0.29) is 4.90 Å². The molecule has 1 heterocycles. The molecule has 0 spiro atoms. The second-order valence-electron chi connectivity index (χ2n) is 4.77. The fourth-order valence-corrected chi connectivity index (χ4v) is 3.34. The Morgan fingerprint density at radius 2 is 2.27 bits per heavy atom. The Balaban J connectivity index is 2.09. The van der Waals surface area contributed by atoms with Crippen LogP contribution in [0.3, 0.4) is 0 Å². The number of sulfonamides is 1. The Morgan fingerprint density at radius 3 is 2.95 bits per heavy atom. The molecule has 0 bridgehead atoms. The van der Waals surface area contributed by atoms with Gasteiger partial charge in [0.15, 0.2) is 5.11 Å². The molecule has 2 rings (SSSR count). The largest absolute Gasteiger partial charge is 0.359 e. The number of anilines is 1. The average Bonchev–Trinajstić information content (AvgIpc) is 2.97. The Hall–Kier alpha value is -1.93. The van der Waals surface area contributed by atoms with Gasteiger partial charge in [0.25, 0.3) is 5.84 Å². The number of benzene rings is 1. The van der Waals surface area contributed by atoms with Crippen LogP contribution in [0.25, 0.3) is 0 Å². The Labute approximate surface area is 135 Å². The smallest absolute Gasteiger partial charge is 0.328 e. The van der Waals surface area contributed by atoms with E-state index in [1.165, 1.54) is 0 Å². The minimum atomic E-state index is -3.59. The van der Waals surface area contributed by atoms with Gasteiger partial charge < -0.3 is 10.6 Å². The molecule has 0 amide bonds. The molecule has 6 nitrogen and oxygen atoms in total. The van der Waals surface area contributed by atoms with Crippen molar-refractivity contribution < 1.29 is 13.4 Å². The van der Waals surface area contributed by atoms with Crippen molar-refractivity contribution >= 4 is 38.9 Å². The van der Waals surface area contributed by atoms with E-state index < -0.39 is 10.0 Å². The number of thiocarbonyl (C=S) groups is 1. The van der Waals surface area contributed by atoms with E-state index in [1.54, 1.807) is 30.3 Å². The van der Waals surface area contributed by atoms with Crippen LogP contribution >= 0.6 is 12.2 Å². The highest BCUT2D eigenvalue weighted by molar-refractivity contribution is 7.90. The lowest BCUT2D eigenvalue weighted by Crippen LogP contribution is -2.72. The lowest BCUT2D eigenvalue weighted by molar-refractivity contribution is -0.448. The van der Waals surface area contributed by atoms with Crippen molar-refractivity contribution in [3.05, 3.63) is 36.9 Å². The van der Waals surface area contributed by atoms with Crippen molar-refractivity contribution in [1.82, 2.24) is 10.0 Å². The lowest BCUT2D eigenvalue weighted by Gasteiger charge is -2.10. The van der Waals surface area contributed by atoms with E-state index in [2.05, 4.69) is 26.9 Å². The number of amidine groups is 1. The van der Waals surface area contributed by atoms with E-state index in [9.17, 15) is 8.42 Å². The Kier molecular flexibility index (Phi) is 5.51. The summed E-state index contributed by atoms with van der Waals surface area (Å²) in [5.41, 5.74) is 0.605. The maximum atomic E-state index is 12.3. The van der Waals surface area contributed by atoms with Gasteiger partial charge in [-0.3, -0.25) is 4.99 Å². The van der Waals surface area contributed by atoms with Gasteiger partial charge in [0.05, 0.1) is 13.0 Å². The molecule has 1 aromatic rings. The lowest BCUT2D eigenvalue weighted by atomic mass is 10.3. The summed E-state index contributed by atoms with van der Waals surface area (Å²) in [6, 6.07) is 6.50. The van der Waals surface area contributed by atoms with Crippen molar-refractivity contribution in [2.75, 3.05) is 18.4 Å². The van der Waals surface area contributed by atoms with Gasteiger partial charge in [0, 0.05) is 12.2 Å². The molecule has 0 aromatic heterocycles. The zero-order valence-corrected chi connectivity index (χ0v) is 13.7. The molecule has 1 aliphatic rings. The van der Waals surface area contributed by atoms with E-state index in [1.807, 2.05) is 0 Å². The van der Waals surface area contributed by atoms with Crippen LogP contribution < -0.4 is 20.3 Å². The number of nitrogens with one attached hydrogen (secondary N) is 4. The molecule has 1 aromatic carbocycles. The summed E-state index contributed by atoms with van der Waals surface area (Å²) >= 11 is 5.10. The maximum absolute atomic E-state index is 12.3. The van der Waals surface area contributed by atoms with Crippen molar-refractivity contribution in [3.63, 3.8) is 0 Å². The molecule has 0 fully saturated rings. The first kappa shape index (κ1) is 16.4. The van der Waals surface area contributed by atoms with Crippen molar-refractivity contribution in [2.24, 2.45) is 0 Å². The predicted molar refractivity (Wildman–Crippen MR) is 91.3 cm³/mol. The molecular weight excluding hydrogens is 320 g/mol. The fourth-order valence-electron chi connectivity index (χ4n) is 1.98. The van der Waals surface area contributed by atoms with Gasteiger partial charge in [-0.15, -0.1) is 6.58 Å². The van der Waals surface area contributed by atoms with Crippen LogP contribution in [-0.2, 0) is 10.0 Å². The first-order valence-electron chi connectivity index (χ1n) is 6.89. The molecule has 1 aliphatic heterocycles. The molecule has 0 saturated heterocycles. The van der Waals surface area contributed by atoms with Gasteiger partial charge in [0.1, 0.15) is 4.90 Å². The normalized spacial score (nSPS) is 14.1. The average molecular weight is 339 g/mol. The zero-order valence-electron chi connectivity index (χ0n) is 12.1. The van der Waals surface area contributed by atoms with Crippen LogP contribution in [0, 0.1) is 0 Å². The van der Waals surface area contributed by atoms with Crippen molar-refractivity contribution in [3.8, 4) is 0 Å². The van der Waals surface area contributed by atoms with Gasteiger partial charge >= 0.3 is 10.0 Å². The maximum Gasteiger partial charge on any atom is 0.328 e. The van der Waals surface area contributed by atoms with Gasteiger partial charge in [-0.1, -0.05) is 12.1 Å². The molecule has 0 aliphatic carbocycles. The van der Waals surface area contributed by atoms with E-state index in [0.717, 1.165) is 13.0 Å². The fraction of sp³-hybridized carbons (Fsp3) is 0.286. The summed E-state index contributed by atoms with van der Waals surface area (Å²) in [6.45, 7) is 4.92. The molecule has 118 valence electrons. The third kappa shape index (κ3) is 4.54. The van der Waals surface area contributed by atoms with E-state index in [0.29, 0.717) is 29.6 Å². The molecular formula is C14H19N4O2S2+. The Bertz CT molecular complexity index is 699. The molecule has 0 radical (unpaired) electrons. The minimum absolute atomic E-state index is 0.185. The summed E-state index contributed by atoms with van der Waals surface area (Å²) < 4.78 is 27.2. The molecule has 8 heteroatoms. The summed E-state index contributed by atoms with van der Waals surface area (Å²) in [5, 5.41) is 6.27. The van der Waals surface area contributed by atoms with Crippen LogP contribution in [0.2, 0.25) is 0 Å². The third-order valence-corrected chi connectivity index (χ3v) is 4.64. The highest BCUT2D eigenvalue weighted by atomic mass is 32.2. The predicted octanol–water partition coefficient (Wildman–Crippen LogP) is -0.290. The number of hydrogen-bond acceptors (Lipinski definition) is 3. The quantitative estimate of drug-likeness (QED) is 0.438. The summed E-state index contributed by atoms with van der Waals surface area (Å²) in [7, 11) is -3.59. The molecule has 4 N–H and O–H groups in total. The first-order chi connectivity index (χ1) is 10.5. The van der Waals surface area contributed by atoms with Crippen molar-refractivity contribution in [2.45, 2.75) is 17.7 Å². The second kappa shape index (κ2) is 7.37. The molecule has 0 unspecified atom stereocenters. The minimum Gasteiger partial charge on any atom is -0.359 e. The molecule has 0 atom stereocenters. The second-order valence-corrected chi connectivity index (χ2v) is 6.86. The van der Waals surface area contributed by atoms with Crippen molar-refractivity contribution in [1.29, 1.82) is 0 Å². The van der Waals surface area contributed by atoms with Crippen LogP contribution in [0.5, 0.6) is 0 Å². The summed E-state index contributed by atoms with van der Waals surface area (Å²) in [5.74, 6) is 0.640. The topological polar surface area (TPSA) is 84.2 Å². The third-order valence-electron chi connectivity index (χ3n) is 3.01. The monoisotopic (exact) mass is 339 g/mol. The highest BCUT2D eigenvalue weighted by Crippen LogP contribution is 2.15. The van der Waals surface area contributed by atoms with Gasteiger partial charge in [-0.05, 0) is 36.8 Å². The Morgan fingerprint density at radius 1 is 1.45 bits per heavy atom. The van der Waals surface area contributed by atoms with E-state index >= 15 is 0 Å². The van der Waals surface area contributed by atoms with Crippen LogP contribution in [0.15, 0.2) is 41.8 Å². The zero-order chi connectivity index (χ0) is 16.0.